The molecule has 0 radical (unpaired) electrons. The SMILES string of the molecule is Fc1cc(Br)c(F)c(I)c1Br. The summed E-state index contributed by atoms with van der Waals surface area (Å²) in [7, 11) is 0. The molecule has 0 atom stereocenters. The smallest absolute Gasteiger partial charge is 0.152 e. The molecule has 0 aromatic heterocycles. The lowest BCUT2D eigenvalue weighted by atomic mass is 10.3. The van der Waals surface area contributed by atoms with Crippen LogP contribution in [-0.2, 0) is 0 Å². The molecule has 5 heteroatoms. The summed E-state index contributed by atoms with van der Waals surface area (Å²) in [5.41, 5.74) is 0. The molecule has 0 bridgehead atoms. The Morgan fingerprint density at radius 2 is 1.82 bits per heavy atom. The Balaban J connectivity index is 3.46. The van der Waals surface area contributed by atoms with Crippen molar-refractivity contribution >= 4 is 54.5 Å². The average Bonchev–Trinajstić information content (AvgIpc) is 1.97. The summed E-state index contributed by atoms with van der Waals surface area (Å²) < 4.78 is 26.2. The van der Waals surface area contributed by atoms with Crippen LogP contribution in [0.25, 0.3) is 0 Å². The molecule has 1 aromatic rings. The van der Waals surface area contributed by atoms with Gasteiger partial charge in [0.15, 0.2) is 5.82 Å². The van der Waals surface area contributed by atoms with Crippen LogP contribution in [0.5, 0.6) is 0 Å². The van der Waals surface area contributed by atoms with Crippen LogP contribution in [0, 0.1) is 15.2 Å². The van der Waals surface area contributed by atoms with Crippen LogP contribution in [-0.4, -0.2) is 0 Å². The maximum absolute atomic E-state index is 12.9. The fourth-order valence-electron chi connectivity index (χ4n) is 0.544. The number of rotatable bonds is 0. The monoisotopic (exact) mass is 396 g/mol. The molecule has 0 aliphatic rings. The van der Waals surface area contributed by atoms with E-state index in [1.807, 2.05) is 0 Å². The molecule has 0 fully saturated rings. The Morgan fingerprint density at radius 3 is 2.36 bits per heavy atom. The first kappa shape index (κ1) is 9.85. The Bertz CT molecular complexity index is 275. The highest BCUT2D eigenvalue weighted by Gasteiger charge is 2.12. The van der Waals surface area contributed by atoms with Gasteiger partial charge in [0.25, 0.3) is 0 Å². The van der Waals surface area contributed by atoms with Crippen LogP contribution in [0.4, 0.5) is 8.78 Å². The molecule has 1 aromatic carbocycles. The molecule has 11 heavy (non-hydrogen) atoms. The molecule has 0 saturated carbocycles. The lowest BCUT2D eigenvalue weighted by Crippen LogP contribution is -1.89. The number of hydrogen-bond donors (Lipinski definition) is 0. The maximum Gasteiger partial charge on any atom is 0.152 e. The molecular weight excluding hydrogens is 397 g/mol. The van der Waals surface area contributed by atoms with Crippen LogP contribution >= 0.6 is 54.5 Å². The van der Waals surface area contributed by atoms with Gasteiger partial charge in [0.2, 0.25) is 0 Å². The Labute approximate surface area is 92.8 Å². The topological polar surface area (TPSA) is 0 Å². The normalized spacial score (nSPS) is 10.3. The van der Waals surface area contributed by atoms with Gasteiger partial charge in [0.05, 0.1) is 12.5 Å². The lowest BCUT2D eigenvalue weighted by molar-refractivity contribution is 0.582. The first-order valence-electron chi connectivity index (χ1n) is 2.52. The summed E-state index contributed by atoms with van der Waals surface area (Å²) in [4.78, 5) is 0. The minimum absolute atomic E-state index is 0.141. The van der Waals surface area contributed by atoms with Gasteiger partial charge >= 0.3 is 0 Å². The van der Waals surface area contributed by atoms with Crippen molar-refractivity contribution in [3.8, 4) is 0 Å². The second-order valence-corrected chi connectivity index (χ2v) is 4.51. The summed E-state index contributed by atoms with van der Waals surface area (Å²) >= 11 is 7.54. The first-order chi connectivity index (χ1) is 5.04. The second-order valence-electron chi connectivity index (χ2n) is 1.78. The molecule has 0 N–H and O–H groups in total. The highest BCUT2D eigenvalue weighted by atomic mass is 127. The van der Waals surface area contributed by atoms with E-state index in [2.05, 4.69) is 31.9 Å². The average molecular weight is 398 g/mol. The van der Waals surface area contributed by atoms with Crippen LogP contribution in [0.15, 0.2) is 15.0 Å². The highest BCUT2D eigenvalue weighted by molar-refractivity contribution is 14.1. The minimum atomic E-state index is -0.470. The van der Waals surface area contributed by atoms with Gasteiger partial charge < -0.3 is 0 Å². The quantitative estimate of drug-likeness (QED) is 0.351. The van der Waals surface area contributed by atoms with E-state index >= 15 is 0 Å². The predicted molar refractivity (Wildman–Crippen MR) is 54.5 cm³/mol. The third kappa shape index (κ3) is 1.92. The standard InChI is InChI=1S/C6HBr2F2I/c7-2-1-3(9)4(8)6(11)5(2)10/h1H. The van der Waals surface area contributed by atoms with E-state index < -0.39 is 11.6 Å². The molecule has 0 heterocycles. The highest BCUT2D eigenvalue weighted by Crippen LogP contribution is 2.29. The van der Waals surface area contributed by atoms with Crippen molar-refractivity contribution in [1.82, 2.24) is 0 Å². The third-order valence-corrected chi connectivity index (χ3v) is 4.16. The Morgan fingerprint density at radius 1 is 1.27 bits per heavy atom. The zero-order chi connectivity index (χ0) is 8.59. The predicted octanol–water partition coefficient (Wildman–Crippen LogP) is 4.09. The summed E-state index contributed by atoms with van der Waals surface area (Å²) in [5, 5.41) is 0. The van der Waals surface area contributed by atoms with Gasteiger partial charge in [0.1, 0.15) is 5.82 Å². The summed E-state index contributed by atoms with van der Waals surface area (Å²) in [6, 6.07) is 1.08. The van der Waals surface area contributed by atoms with E-state index in [1.54, 1.807) is 22.6 Å². The first-order valence-corrected chi connectivity index (χ1v) is 5.19. The number of halogens is 5. The van der Waals surface area contributed by atoms with E-state index in [0.717, 1.165) is 6.07 Å². The summed E-state index contributed by atoms with van der Waals surface area (Å²) in [5.74, 6) is -0.915. The van der Waals surface area contributed by atoms with Crippen molar-refractivity contribution in [3.05, 3.63) is 30.2 Å². The largest absolute Gasteiger partial charge is 0.206 e. The van der Waals surface area contributed by atoms with Gasteiger partial charge in [-0.1, -0.05) is 0 Å². The molecule has 0 nitrogen and oxygen atoms in total. The van der Waals surface area contributed by atoms with Gasteiger partial charge in [0, 0.05) is 0 Å². The van der Waals surface area contributed by atoms with E-state index in [9.17, 15) is 8.78 Å². The van der Waals surface area contributed by atoms with Crippen LogP contribution < -0.4 is 0 Å². The van der Waals surface area contributed by atoms with Gasteiger partial charge in [-0.25, -0.2) is 8.78 Å². The zero-order valence-electron chi connectivity index (χ0n) is 4.97. The zero-order valence-corrected chi connectivity index (χ0v) is 10.3. The fourth-order valence-corrected chi connectivity index (χ4v) is 2.15. The molecule has 0 spiro atoms. The van der Waals surface area contributed by atoms with E-state index in [4.69, 9.17) is 0 Å². The molecule has 0 unspecified atom stereocenters. The van der Waals surface area contributed by atoms with Crippen LogP contribution in [0.1, 0.15) is 0 Å². The van der Waals surface area contributed by atoms with Crippen molar-refractivity contribution in [2.24, 2.45) is 0 Å². The van der Waals surface area contributed by atoms with Crippen molar-refractivity contribution in [1.29, 1.82) is 0 Å². The van der Waals surface area contributed by atoms with Crippen LogP contribution in [0.3, 0.4) is 0 Å². The number of benzene rings is 1. The fraction of sp³-hybridized carbons (Fsp3) is 0. The van der Waals surface area contributed by atoms with Gasteiger partial charge in [-0.05, 0) is 60.5 Å². The third-order valence-electron chi connectivity index (χ3n) is 1.06. The Hall–Kier alpha value is 0.770. The molecule has 60 valence electrons. The van der Waals surface area contributed by atoms with Crippen molar-refractivity contribution < 1.29 is 8.78 Å². The van der Waals surface area contributed by atoms with Crippen LogP contribution in [0.2, 0.25) is 0 Å². The summed E-state index contributed by atoms with van der Waals surface area (Å²) in [6.07, 6.45) is 0. The van der Waals surface area contributed by atoms with Crippen molar-refractivity contribution in [3.63, 3.8) is 0 Å². The molecule has 0 saturated heterocycles. The maximum atomic E-state index is 12.9. The second kappa shape index (κ2) is 3.66. The lowest BCUT2D eigenvalue weighted by Gasteiger charge is -2.01. The van der Waals surface area contributed by atoms with Crippen molar-refractivity contribution in [2.75, 3.05) is 0 Å². The molecule has 0 aliphatic carbocycles. The van der Waals surface area contributed by atoms with E-state index in [-0.39, 0.29) is 12.5 Å². The van der Waals surface area contributed by atoms with E-state index in [0.29, 0.717) is 0 Å². The molecular formula is C6HBr2F2I. The number of hydrogen-bond acceptors (Lipinski definition) is 0. The summed E-state index contributed by atoms with van der Waals surface area (Å²) in [6.45, 7) is 0. The van der Waals surface area contributed by atoms with Gasteiger partial charge in [-0.3, -0.25) is 0 Å². The van der Waals surface area contributed by atoms with Gasteiger partial charge in [-0.2, -0.15) is 0 Å². The van der Waals surface area contributed by atoms with Gasteiger partial charge in [-0.15, -0.1) is 0 Å². The molecule has 0 amide bonds. The molecule has 1 rings (SSSR count). The molecule has 0 aliphatic heterocycles. The minimum Gasteiger partial charge on any atom is -0.206 e. The van der Waals surface area contributed by atoms with E-state index in [1.165, 1.54) is 0 Å². The Kier molecular flexibility index (Phi) is 3.27. The van der Waals surface area contributed by atoms with Crippen molar-refractivity contribution in [2.45, 2.75) is 0 Å².